The van der Waals surface area contributed by atoms with Crippen LogP contribution in [0.1, 0.15) is 32.8 Å². The van der Waals surface area contributed by atoms with Crippen LogP contribution in [-0.4, -0.2) is 43.8 Å². The minimum absolute atomic E-state index is 0.0135. The van der Waals surface area contributed by atoms with E-state index in [1.807, 2.05) is 13.8 Å². The number of rotatable bonds is 11. The molecule has 0 aliphatic heterocycles. The third-order valence-corrected chi connectivity index (χ3v) is 8.51. The fourth-order valence-corrected chi connectivity index (χ4v) is 5.59. The van der Waals surface area contributed by atoms with Gasteiger partial charge < -0.3 is 10.2 Å². The standard InChI is InChI=1S/C28H31Cl2N3O4S/c1-4-20(2)31-28(35)21(3)32(18-22-14-16-23(29)17-15-22)27(34)19-33(26-13-9-8-12-25(26)30)38(36,37)24-10-6-5-7-11-24/h5-17,20-21H,4,18-19H2,1-3H3,(H,31,35)/t20-,21+/m0/s1. The SMILES string of the molecule is CC[C@H](C)NC(=O)[C@@H](C)N(Cc1ccc(Cl)cc1)C(=O)CN(c1ccccc1Cl)S(=O)(=O)c1ccccc1. The van der Waals surface area contributed by atoms with E-state index in [1.165, 1.54) is 17.0 Å². The Morgan fingerprint density at radius 3 is 2.11 bits per heavy atom. The number of benzene rings is 3. The van der Waals surface area contributed by atoms with Gasteiger partial charge in [-0.3, -0.25) is 13.9 Å². The van der Waals surface area contributed by atoms with Gasteiger partial charge in [0, 0.05) is 17.6 Å². The number of halogens is 2. The van der Waals surface area contributed by atoms with Crippen LogP contribution >= 0.6 is 23.2 Å². The summed E-state index contributed by atoms with van der Waals surface area (Å²) in [5.41, 5.74) is 0.899. The Morgan fingerprint density at radius 2 is 1.50 bits per heavy atom. The van der Waals surface area contributed by atoms with Crippen LogP contribution in [0.5, 0.6) is 0 Å². The maximum Gasteiger partial charge on any atom is 0.264 e. The number of nitrogens with zero attached hydrogens (tertiary/aromatic N) is 2. The summed E-state index contributed by atoms with van der Waals surface area (Å²) >= 11 is 12.4. The Morgan fingerprint density at radius 1 is 0.895 bits per heavy atom. The summed E-state index contributed by atoms with van der Waals surface area (Å²) in [5.74, 6) is -0.900. The van der Waals surface area contributed by atoms with Crippen LogP contribution in [0.4, 0.5) is 5.69 Å². The number of carbonyl (C=O) groups excluding carboxylic acids is 2. The molecule has 0 aromatic heterocycles. The second-order valence-corrected chi connectivity index (χ2v) is 11.6. The molecule has 3 rings (SSSR count). The third-order valence-electron chi connectivity index (χ3n) is 6.17. The van der Waals surface area contributed by atoms with Gasteiger partial charge >= 0.3 is 0 Å². The number of nitrogens with one attached hydrogen (secondary N) is 1. The minimum Gasteiger partial charge on any atom is -0.352 e. The minimum atomic E-state index is -4.17. The molecule has 2 amide bonds. The van der Waals surface area contributed by atoms with Gasteiger partial charge in [0.25, 0.3) is 10.0 Å². The van der Waals surface area contributed by atoms with E-state index in [0.717, 1.165) is 16.3 Å². The highest BCUT2D eigenvalue weighted by molar-refractivity contribution is 7.92. The van der Waals surface area contributed by atoms with Crippen molar-refractivity contribution in [3.8, 4) is 0 Å². The van der Waals surface area contributed by atoms with E-state index in [1.54, 1.807) is 73.7 Å². The fourth-order valence-electron chi connectivity index (χ4n) is 3.72. The van der Waals surface area contributed by atoms with Gasteiger partial charge in [-0.05, 0) is 62.2 Å². The maximum absolute atomic E-state index is 13.9. The lowest BCUT2D eigenvalue weighted by molar-refractivity contribution is -0.139. The molecule has 10 heteroatoms. The lowest BCUT2D eigenvalue weighted by atomic mass is 10.1. The maximum atomic E-state index is 13.9. The molecule has 0 unspecified atom stereocenters. The molecule has 202 valence electrons. The molecule has 3 aromatic carbocycles. The van der Waals surface area contributed by atoms with Crippen molar-refractivity contribution in [2.75, 3.05) is 10.8 Å². The van der Waals surface area contributed by atoms with Gasteiger partial charge in [0.05, 0.1) is 15.6 Å². The third kappa shape index (κ3) is 7.28. The summed E-state index contributed by atoms with van der Waals surface area (Å²) in [6.07, 6.45) is 0.721. The molecule has 0 saturated carbocycles. The molecule has 0 bridgehead atoms. The van der Waals surface area contributed by atoms with Crippen LogP contribution < -0.4 is 9.62 Å². The zero-order valence-corrected chi connectivity index (χ0v) is 23.8. The summed E-state index contributed by atoms with van der Waals surface area (Å²) in [6, 6.07) is 20.2. The van der Waals surface area contributed by atoms with Crippen LogP contribution in [-0.2, 0) is 26.2 Å². The highest BCUT2D eigenvalue weighted by atomic mass is 35.5. The second-order valence-electron chi connectivity index (χ2n) is 8.92. The first-order valence-corrected chi connectivity index (χ1v) is 14.4. The topological polar surface area (TPSA) is 86.8 Å². The van der Waals surface area contributed by atoms with Crippen molar-refractivity contribution in [1.29, 1.82) is 0 Å². The average molecular weight is 577 g/mol. The zero-order chi connectivity index (χ0) is 27.9. The van der Waals surface area contributed by atoms with Gasteiger partial charge in [0.1, 0.15) is 12.6 Å². The molecule has 0 fully saturated rings. The van der Waals surface area contributed by atoms with Crippen molar-refractivity contribution in [2.45, 2.75) is 50.7 Å². The molecule has 3 aromatic rings. The summed E-state index contributed by atoms with van der Waals surface area (Å²) in [6.45, 7) is 4.96. The van der Waals surface area contributed by atoms with E-state index in [-0.39, 0.29) is 34.1 Å². The second kappa shape index (κ2) is 13.1. The number of hydrogen-bond donors (Lipinski definition) is 1. The smallest absolute Gasteiger partial charge is 0.264 e. The van der Waals surface area contributed by atoms with Crippen molar-refractivity contribution in [3.63, 3.8) is 0 Å². The molecule has 0 saturated heterocycles. The van der Waals surface area contributed by atoms with Gasteiger partial charge in [-0.25, -0.2) is 8.42 Å². The Hall–Kier alpha value is -3.07. The van der Waals surface area contributed by atoms with E-state index in [0.29, 0.717) is 5.02 Å². The first-order valence-electron chi connectivity index (χ1n) is 12.2. The fraction of sp³-hybridized carbons (Fsp3) is 0.286. The van der Waals surface area contributed by atoms with E-state index in [2.05, 4.69) is 5.32 Å². The number of carbonyl (C=O) groups is 2. The molecule has 0 heterocycles. The predicted molar refractivity (Wildman–Crippen MR) is 152 cm³/mol. The monoisotopic (exact) mass is 575 g/mol. The molecule has 38 heavy (non-hydrogen) atoms. The van der Waals surface area contributed by atoms with E-state index in [9.17, 15) is 18.0 Å². The van der Waals surface area contributed by atoms with E-state index < -0.39 is 28.5 Å². The Kier molecular flexibility index (Phi) is 10.2. The summed E-state index contributed by atoms with van der Waals surface area (Å²) in [5, 5.41) is 3.61. The molecule has 0 aliphatic carbocycles. The van der Waals surface area contributed by atoms with Crippen molar-refractivity contribution in [3.05, 3.63) is 94.5 Å². The van der Waals surface area contributed by atoms with Gasteiger partial charge in [-0.2, -0.15) is 0 Å². The molecular weight excluding hydrogens is 545 g/mol. The first kappa shape index (κ1) is 29.5. The quantitative estimate of drug-likeness (QED) is 0.326. The number of hydrogen-bond acceptors (Lipinski definition) is 4. The number of amides is 2. The van der Waals surface area contributed by atoms with Crippen molar-refractivity contribution >= 4 is 50.7 Å². The highest BCUT2D eigenvalue weighted by Gasteiger charge is 2.33. The Balaban J connectivity index is 2.02. The number of para-hydroxylation sites is 1. The van der Waals surface area contributed by atoms with E-state index >= 15 is 0 Å². The van der Waals surface area contributed by atoms with Gasteiger partial charge in [-0.15, -0.1) is 0 Å². The Labute approximate surface area is 234 Å². The summed E-state index contributed by atoms with van der Waals surface area (Å²) < 4.78 is 28.4. The Bertz CT molecular complexity index is 1350. The number of anilines is 1. The van der Waals surface area contributed by atoms with Gasteiger partial charge in [0.2, 0.25) is 11.8 Å². The van der Waals surface area contributed by atoms with Crippen LogP contribution in [0, 0.1) is 0 Å². The van der Waals surface area contributed by atoms with Crippen molar-refractivity contribution < 1.29 is 18.0 Å². The van der Waals surface area contributed by atoms with Gasteiger partial charge in [-0.1, -0.05) is 72.6 Å². The molecule has 0 radical (unpaired) electrons. The lowest BCUT2D eigenvalue weighted by Crippen LogP contribution is -2.52. The van der Waals surface area contributed by atoms with Crippen LogP contribution in [0.25, 0.3) is 0 Å². The molecule has 0 spiro atoms. The molecule has 1 N–H and O–H groups in total. The molecule has 2 atom stereocenters. The van der Waals surface area contributed by atoms with Crippen molar-refractivity contribution in [1.82, 2.24) is 10.2 Å². The largest absolute Gasteiger partial charge is 0.352 e. The van der Waals surface area contributed by atoms with Crippen LogP contribution in [0.2, 0.25) is 10.0 Å². The predicted octanol–water partition coefficient (Wildman–Crippen LogP) is 5.52. The van der Waals surface area contributed by atoms with Gasteiger partial charge in [0.15, 0.2) is 0 Å². The van der Waals surface area contributed by atoms with Crippen LogP contribution in [0.15, 0.2) is 83.8 Å². The number of sulfonamides is 1. The molecule has 7 nitrogen and oxygen atoms in total. The summed E-state index contributed by atoms with van der Waals surface area (Å²) in [4.78, 5) is 28.3. The normalized spacial score (nSPS) is 12.9. The highest BCUT2D eigenvalue weighted by Crippen LogP contribution is 2.30. The van der Waals surface area contributed by atoms with E-state index in [4.69, 9.17) is 23.2 Å². The lowest BCUT2D eigenvalue weighted by Gasteiger charge is -2.32. The molecular formula is C28H31Cl2N3O4S. The average Bonchev–Trinajstić information content (AvgIpc) is 2.91. The zero-order valence-electron chi connectivity index (χ0n) is 21.5. The first-order chi connectivity index (χ1) is 18.0. The van der Waals surface area contributed by atoms with Crippen molar-refractivity contribution in [2.24, 2.45) is 0 Å². The van der Waals surface area contributed by atoms with Crippen LogP contribution in [0.3, 0.4) is 0 Å². The molecule has 0 aliphatic rings. The summed E-state index contributed by atoms with van der Waals surface area (Å²) in [7, 11) is -4.17.